The Bertz CT molecular complexity index is 470. The molecule has 5 N–H and O–H groups in total. The fourth-order valence-electron chi connectivity index (χ4n) is 1.58. The van der Waals surface area contributed by atoms with Crippen LogP contribution in [0.3, 0.4) is 0 Å². The number of nitrogens with zero attached hydrogens (tertiary/aromatic N) is 4. The van der Waals surface area contributed by atoms with Crippen LogP contribution in [0.15, 0.2) is 0 Å². The summed E-state index contributed by atoms with van der Waals surface area (Å²) < 4.78 is 0. The Morgan fingerprint density at radius 2 is 1.88 bits per heavy atom. The monoisotopic (exact) mass is 238 g/mol. The number of carboxylic acid groups (broad SMARTS) is 1. The highest BCUT2D eigenvalue weighted by molar-refractivity contribution is 5.98. The Balaban J connectivity index is 2.28. The minimum absolute atomic E-state index is 0.0104. The number of anilines is 3. The first kappa shape index (κ1) is 11.0. The summed E-state index contributed by atoms with van der Waals surface area (Å²) in [6.07, 6.45) is -0.0825. The number of aliphatic carboxylic acids is 1. The third kappa shape index (κ3) is 2.07. The first-order valence-electron chi connectivity index (χ1n) is 4.77. The first-order valence-corrected chi connectivity index (χ1v) is 4.77. The van der Waals surface area contributed by atoms with Crippen molar-refractivity contribution in [1.29, 1.82) is 0 Å². The molecule has 1 unspecified atom stereocenters. The second-order valence-electron chi connectivity index (χ2n) is 3.60. The van der Waals surface area contributed by atoms with Crippen LogP contribution in [0.4, 0.5) is 17.8 Å². The second-order valence-corrected chi connectivity index (χ2v) is 3.60. The SMILES string of the molecule is Nc1nc(N)nc(N2CC(C(=O)O)CC2=O)n1. The number of hydrogen-bond donors (Lipinski definition) is 3. The zero-order valence-electron chi connectivity index (χ0n) is 8.70. The standard InChI is InChI=1S/C8H10N6O3/c9-6-11-7(10)13-8(12-6)14-2-3(5(16)17)1-4(14)15/h3H,1-2H2,(H,16,17)(H4,9,10,11,12,13). The second kappa shape index (κ2) is 3.85. The van der Waals surface area contributed by atoms with Crippen LogP contribution in [-0.4, -0.2) is 38.5 Å². The number of carbonyl (C=O) groups excluding carboxylic acids is 1. The van der Waals surface area contributed by atoms with Gasteiger partial charge in [-0.2, -0.15) is 15.0 Å². The lowest BCUT2D eigenvalue weighted by molar-refractivity contribution is -0.141. The zero-order valence-corrected chi connectivity index (χ0v) is 8.70. The van der Waals surface area contributed by atoms with E-state index in [1.54, 1.807) is 0 Å². The van der Waals surface area contributed by atoms with E-state index >= 15 is 0 Å². The van der Waals surface area contributed by atoms with Gasteiger partial charge < -0.3 is 16.6 Å². The Morgan fingerprint density at radius 1 is 1.29 bits per heavy atom. The van der Waals surface area contributed by atoms with Crippen molar-refractivity contribution in [2.45, 2.75) is 6.42 Å². The Morgan fingerprint density at radius 3 is 2.35 bits per heavy atom. The molecule has 1 aliphatic heterocycles. The molecule has 9 heteroatoms. The van der Waals surface area contributed by atoms with E-state index in [-0.39, 0.29) is 36.7 Å². The van der Waals surface area contributed by atoms with Gasteiger partial charge in [0.05, 0.1) is 5.92 Å². The van der Waals surface area contributed by atoms with Crippen LogP contribution >= 0.6 is 0 Å². The molecule has 2 heterocycles. The fourth-order valence-corrected chi connectivity index (χ4v) is 1.58. The number of carbonyl (C=O) groups is 2. The van der Waals surface area contributed by atoms with Gasteiger partial charge in [0.1, 0.15) is 0 Å². The normalized spacial score (nSPS) is 19.6. The van der Waals surface area contributed by atoms with E-state index in [1.807, 2.05) is 0 Å². The van der Waals surface area contributed by atoms with Gasteiger partial charge in [-0.1, -0.05) is 0 Å². The zero-order chi connectivity index (χ0) is 12.6. The lowest BCUT2D eigenvalue weighted by Gasteiger charge is -2.13. The van der Waals surface area contributed by atoms with E-state index in [0.717, 1.165) is 4.90 Å². The van der Waals surface area contributed by atoms with Gasteiger partial charge in [-0.15, -0.1) is 0 Å². The first-order chi connectivity index (χ1) is 7.97. The van der Waals surface area contributed by atoms with Crippen molar-refractivity contribution in [3.63, 3.8) is 0 Å². The number of aromatic nitrogens is 3. The van der Waals surface area contributed by atoms with Gasteiger partial charge in [0, 0.05) is 13.0 Å². The van der Waals surface area contributed by atoms with Crippen molar-refractivity contribution >= 4 is 29.7 Å². The number of rotatable bonds is 2. The van der Waals surface area contributed by atoms with Gasteiger partial charge in [-0.05, 0) is 0 Å². The molecule has 9 nitrogen and oxygen atoms in total. The topological polar surface area (TPSA) is 148 Å². The number of hydrogen-bond acceptors (Lipinski definition) is 7. The van der Waals surface area contributed by atoms with Crippen molar-refractivity contribution in [1.82, 2.24) is 15.0 Å². The van der Waals surface area contributed by atoms with E-state index in [0.29, 0.717) is 0 Å². The smallest absolute Gasteiger partial charge is 0.308 e. The summed E-state index contributed by atoms with van der Waals surface area (Å²) in [5, 5.41) is 8.82. The molecule has 2 rings (SSSR count). The Kier molecular flexibility index (Phi) is 2.50. The molecule has 1 aromatic rings. The van der Waals surface area contributed by atoms with Crippen molar-refractivity contribution < 1.29 is 14.7 Å². The van der Waals surface area contributed by atoms with Crippen molar-refractivity contribution in [3.8, 4) is 0 Å². The Hall–Kier alpha value is -2.45. The number of nitrogen functional groups attached to an aromatic ring is 2. The number of nitrogens with two attached hydrogens (primary N) is 2. The van der Waals surface area contributed by atoms with Crippen LogP contribution < -0.4 is 16.4 Å². The summed E-state index contributed by atoms with van der Waals surface area (Å²) in [7, 11) is 0. The molecule has 1 fully saturated rings. The molecular weight excluding hydrogens is 228 g/mol. The van der Waals surface area contributed by atoms with Crippen molar-refractivity contribution in [2.75, 3.05) is 22.9 Å². The molecule has 1 saturated heterocycles. The van der Waals surface area contributed by atoms with Crippen LogP contribution in [0.5, 0.6) is 0 Å². The lowest BCUT2D eigenvalue weighted by atomic mass is 10.1. The van der Waals surface area contributed by atoms with Crippen LogP contribution in [0.2, 0.25) is 0 Å². The van der Waals surface area contributed by atoms with E-state index in [1.165, 1.54) is 0 Å². The van der Waals surface area contributed by atoms with E-state index in [4.69, 9.17) is 16.6 Å². The molecule has 17 heavy (non-hydrogen) atoms. The quantitative estimate of drug-likeness (QED) is 0.562. The van der Waals surface area contributed by atoms with Gasteiger partial charge in [-0.25, -0.2) is 0 Å². The van der Waals surface area contributed by atoms with Gasteiger partial charge >= 0.3 is 5.97 Å². The molecule has 0 saturated carbocycles. The Labute approximate surface area is 95.5 Å². The van der Waals surface area contributed by atoms with Crippen LogP contribution in [0.25, 0.3) is 0 Å². The van der Waals surface area contributed by atoms with E-state index in [2.05, 4.69) is 15.0 Å². The number of amides is 1. The van der Waals surface area contributed by atoms with Crippen LogP contribution in [-0.2, 0) is 9.59 Å². The molecule has 0 aromatic carbocycles. The van der Waals surface area contributed by atoms with Crippen molar-refractivity contribution in [2.24, 2.45) is 5.92 Å². The summed E-state index contributed by atoms with van der Waals surface area (Å²) in [6, 6.07) is 0. The predicted molar refractivity (Wildman–Crippen MR) is 56.7 cm³/mol. The summed E-state index contributed by atoms with van der Waals surface area (Å²) in [6.45, 7) is 0.0110. The van der Waals surface area contributed by atoms with Gasteiger partial charge in [-0.3, -0.25) is 14.5 Å². The fraction of sp³-hybridized carbons (Fsp3) is 0.375. The summed E-state index contributed by atoms with van der Waals surface area (Å²) in [4.78, 5) is 34.6. The molecule has 1 amide bonds. The molecular formula is C8H10N6O3. The maximum Gasteiger partial charge on any atom is 0.308 e. The highest BCUT2D eigenvalue weighted by Gasteiger charge is 2.36. The molecule has 0 bridgehead atoms. The highest BCUT2D eigenvalue weighted by atomic mass is 16.4. The van der Waals surface area contributed by atoms with Crippen molar-refractivity contribution in [3.05, 3.63) is 0 Å². The molecule has 1 atom stereocenters. The highest BCUT2D eigenvalue weighted by Crippen LogP contribution is 2.22. The predicted octanol–water partition coefficient (Wildman–Crippen LogP) is -1.53. The van der Waals surface area contributed by atoms with Gasteiger partial charge in [0.15, 0.2) is 0 Å². The largest absolute Gasteiger partial charge is 0.481 e. The van der Waals surface area contributed by atoms with Crippen LogP contribution in [0, 0.1) is 5.92 Å². The van der Waals surface area contributed by atoms with Crippen LogP contribution in [0.1, 0.15) is 6.42 Å². The summed E-state index contributed by atoms with van der Waals surface area (Å²) in [5.41, 5.74) is 10.7. The number of carboxylic acids is 1. The average molecular weight is 238 g/mol. The molecule has 0 radical (unpaired) electrons. The molecule has 1 aromatic heterocycles. The lowest BCUT2D eigenvalue weighted by Crippen LogP contribution is -2.28. The third-order valence-corrected chi connectivity index (χ3v) is 2.37. The molecule has 0 aliphatic carbocycles. The summed E-state index contributed by atoms with van der Waals surface area (Å²) in [5.74, 6) is -2.40. The van der Waals surface area contributed by atoms with E-state index in [9.17, 15) is 9.59 Å². The third-order valence-electron chi connectivity index (χ3n) is 2.37. The van der Waals surface area contributed by atoms with Gasteiger partial charge in [0.25, 0.3) is 0 Å². The molecule has 0 spiro atoms. The minimum atomic E-state index is -1.03. The molecule has 1 aliphatic rings. The molecule has 90 valence electrons. The summed E-state index contributed by atoms with van der Waals surface area (Å²) >= 11 is 0. The van der Waals surface area contributed by atoms with Gasteiger partial charge in [0.2, 0.25) is 23.8 Å². The maximum atomic E-state index is 11.6. The van der Waals surface area contributed by atoms with E-state index < -0.39 is 11.9 Å². The average Bonchev–Trinajstić information content (AvgIpc) is 2.59. The minimum Gasteiger partial charge on any atom is -0.481 e. The maximum absolute atomic E-state index is 11.6.